The van der Waals surface area contributed by atoms with Gasteiger partial charge in [-0.1, -0.05) is 36.4 Å². The second-order valence-electron chi connectivity index (χ2n) is 7.41. The Morgan fingerprint density at radius 3 is 2.60 bits per heavy atom. The number of carbonyl (C=O) groups is 2. The van der Waals surface area contributed by atoms with Crippen LogP contribution < -0.4 is 0 Å². The molecule has 2 aromatic carbocycles. The molecular formula is C22H19F3N2O3. The van der Waals surface area contributed by atoms with E-state index in [9.17, 15) is 27.9 Å². The molecule has 0 bridgehead atoms. The molecule has 0 saturated carbocycles. The van der Waals surface area contributed by atoms with Gasteiger partial charge in [0.25, 0.3) is 11.7 Å². The van der Waals surface area contributed by atoms with Crippen molar-refractivity contribution in [3.63, 3.8) is 0 Å². The van der Waals surface area contributed by atoms with E-state index in [2.05, 4.69) is 4.98 Å². The molecule has 1 aromatic heterocycles. The minimum Gasteiger partial charge on any atom is -0.391 e. The number of benzene rings is 2. The molecule has 1 amide bonds. The first-order chi connectivity index (χ1) is 14.3. The molecule has 156 valence electrons. The molecule has 2 N–H and O–H groups in total. The first-order valence-corrected chi connectivity index (χ1v) is 9.50. The molecule has 2 heterocycles. The number of aromatic amines is 1. The normalized spacial score (nSPS) is 19.8. The Bertz CT molecular complexity index is 1110. The highest BCUT2D eigenvalue weighted by atomic mass is 19.4. The first-order valence-electron chi connectivity index (χ1n) is 9.50. The average Bonchev–Trinajstić information content (AvgIpc) is 3.16. The van der Waals surface area contributed by atoms with Crippen molar-refractivity contribution in [2.75, 3.05) is 13.1 Å². The number of hydrogen-bond donors (Lipinski definition) is 2. The number of fused-ring (bicyclic) bond motifs is 1. The number of aliphatic hydroxyl groups is 1. The summed E-state index contributed by atoms with van der Waals surface area (Å²) in [5.41, 5.74) is 0.578. The molecule has 30 heavy (non-hydrogen) atoms. The fourth-order valence-corrected chi connectivity index (χ4v) is 3.97. The van der Waals surface area contributed by atoms with E-state index in [0.717, 1.165) is 17.6 Å². The molecule has 2 unspecified atom stereocenters. The van der Waals surface area contributed by atoms with Gasteiger partial charge in [0, 0.05) is 36.1 Å². The Morgan fingerprint density at radius 1 is 1.10 bits per heavy atom. The van der Waals surface area contributed by atoms with Crippen molar-refractivity contribution in [3.8, 4) is 0 Å². The van der Waals surface area contributed by atoms with Crippen LogP contribution in [0.1, 0.15) is 33.8 Å². The van der Waals surface area contributed by atoms with E-state index < -0.39 is 35.5 Å². The number of halogens is 3. The number of amides is 1. The predicted molar refractivity (Wildman–Crippen MR) is 104 cm³/mol. The number of β-amino-alcohol motifs (C(OH)–C–C–N with tert-alkyl or cyclic N) is 1. The molecule has 2 atom stereocenters. The molecule has 0 spiro atoms. The topological polar surface area (TPSA) is 73.4 Å². The van der Waals surface area contributed by atoms with E-state index in [4.69, 9.17) is 0 Å². The zero-order valence-corrected chi connectivity index (χ0v) is 15.8. The van der Waals surface area contributed by atoms with Crippen molar-refractivity contribution in [1.29, 1.82) is 0 Å². The van der Waals surface area contributed by atoms with Gasteiger partial charge < -0.3 is 15.0 Å². The van der Waals surface area contributed by atoms with Gasteiger partial charge in [0.05, 0.1) is 17.2 Å². The summed E-state index contributed by atoms with van der Waals surface area (Å²) in [6, 6.07) is 12.0. The zero-order valence-electron chi connectivity index (χ0n) is 15.8. The Morgan fingerprint density at radius 2 is 1.87 bits per heavy atom. The number of piperidine rings is 1. The van der Waals surface area contributed by atoms with Gasteiger partial charge in [-0.15, -0.1) is 0 Å². The lowest BCUT2D eigenvalue weighted by atomic mass is 9.86. The van der Waals surface area contributed by atoms with Gasteiger partial charge in [0.1, 0.15) is 0 Å². The van der Waals surface area contributed by atoms with E-state index in [0.29, 0.717) is 10.9 Å². The van der Waals surface area contributed by atoms with Crippen LogP contribution in [0.3, 0.4) is 0 Å². The minimum absolute atomic E-state index is 0.117. The summed E-state index contributed by atoms with van der Waals surface area (Å²) < 4.78 is 38.9. The second-order valence-corrected chi connectivity index (χ2v) is 7.41. The van der Waals surface area contributed by atoms with Crippen molar-refractivity contribution in [2.24, 2.45) is 0 Å². The smallest absolute Gasteiger partial charge is 0.391 e. The van der Waals surface area contributed by atoms with E-state index in [1.54, 1.807) is 18.2 Å². The molecule has 5 nitrogen and oxygen atoms in total. The Balaban J connectivity index is 1.49. The van der Waals surface area contributed by atoms with Gasteiger partial charge in [-0.25, -0.2) is 0 Å². The van der Waals surface area contributed by atoms with Crippen molar-refractivity contribution in [2.45, 2.75) is 24.6 Å². The lowest BCUT2D eigenvalue weighted by molar-refractivity contribution is -0.137. The third-order valence-electron chi connectivity index (χ3n) is 5.54. The number of rotatable bonds is 3. The summed E-state index contributed by atoms with van der Waals surface area (Å²) in [5.74, 6) is -1.96. The van der Waals surface area contributed by atoms with E-state index in [1.807, 2.05) is 6.07 Å². The molecule has 1 aliphatic heterocycles. The van der Waals surface area contributed by atoms with Gasteiger partial charge >= 0.3 is 6.18 Å². The highest BCUT2D eigenvalue weighted by Crippen LogP contribution is 2.34. The Hall–Kier alpha value is -3.13. The summed E-state index contributed by atoms with van der Waals surface area (Å²) in [6.45, 7) is 0.0543. The van der Waals surface area contributed by atoms with Crippen LogP contribution in [0.5, 0.6) is 0 Å². The molecule has 4 rings (SSSR count). The maximum Gasteiger partial charge on any atom is 0.416 e. The number of aliphatic hydroxyl groups excluding tert-OH is 1. The summed E-state index contributed by atoms with van der Waals surface area (Å²) in [7, 11) is 0. The SMILES string of the molecule is O=C(C(=O)N1CCC(c2cccc(C(F)(F)F)c2)C(O)C1)c1c[nH]c2ccccc12. The number of carbonyl (C=O) groups excluding carboxylic acids is 2. The van der Waals surface area contributed by atoms with Crippen LogP contribution in [0.25, 0.3) is 10.9 Å². The van der Waals surface area contributed by atoms with Crippen molar-refractivity contribution < 1.29 is 27.9 Å². The average molecular weight is 416 g/mol. The molecule has 0 aliphatic carbocycles. The van der Waals surface area contributed by atoms with Crippen LogP contribution in [0.15, 0.2) is 54.7 Å². The lowest BCUT2D eigenvalue weighted by Crippen LogP contribution is -2.48. The molecule has 1 saturated heterocycles. The number of Topliss-reactive ketones (excluding diaryl/α,β-unsaturated/α-hetero) is 1. The maximum atomic E-state index is 13.0. The van der Waals surface area contributed by atoms with Crippen molar-refractivity contribution in [1.82, 2.24) is 9.88 Å². The molecule has 1 fully saturated rings. The van der Waals surface area contributed by atoms with Crippen LogP contribution in [0.4, 0.5) is 13.2 Å². The number of H-pyrrole nitrogens is 1. The fourth-order valence-electron chi connectivity index (χ4n) is 3.97. The Kier molecular flexibility index (Phi) is 5.11. The molecule has 3 aromatic rings. The number of likely N-dealkylation sites (tertiary alicyclic amines) is 1. The van der Waals surface area contributed by atoms with E-state index in [1.165, 1.54) is 23.2 Å². The molecule has 0 radical (unpaired) electrons. The molecular weight excluding hydrogens is 397 g/mol. The number of para-hydroxylation sites is 1. The van der Waals surface area contributed by atoms with Crippen LogP contribution in [0.2, 0.25) is 0 Å². The van der Waals surface area contributed by atoms with Gasteiger partial charge in [0.15, 0.2) is 0 Å². The van der Waals surface area contributed by atoms with Crippen LogP contribution in [-0.2, 0) is 11.0 Å². The molecule has 1 aliphatic rings. The monoisotopic (exact) mass is 416 g/mol. The minimum atomic E-state index is -4.47. The summed E-state index contributed by atoms with van der Waals surface area (Å²) in [5, 5.41) is 11.2. The summed E-state index contributed by atoms with van der Waals surface area (Å²) in [4.78, 5) is 29.6. The number of nitrogens with zero attached hydrogens (tertiary/aromatic N) is 1. The first kappa shape index (κ1) is 20.2. The molecule has 8 heteroatoms. The highest BCUT2D eigenvalue weighted by molar-refractivity contribution is 6.44. The second kappa shape index (κ2) is 7.60. The lowest BCUT2D eigenvalue weighted by Gasteiger charge is -2.36. The van der Waals surface area contributed by atoms with Gasteiger partial charge in [-0.2, -0.15) is 13.2 Å². The largest absolute Gasteiger partial charge is 0.416 e. The number of nitrogens with one attached hydrogen (secondary N) is 1. The van der Waals surface area contributed by atoms with Crippen molar-refractivity contribution >= 4 is 22.6 Å². The highest BCUT2D eigenvalue weighted by Gasteiger charge is 2.36. The van der Waals surface area contributed by atoms with E-state index >= 15 is 0 Å². The van der Waals surface area contributed by atoms with Crippen LogP contribution >= 0.6 is 0 Å². The zero-order chi connectivity index (χ0) is 21.5. The van der Waals surface area contributed by atoms with Crippen LogP contribution in [0, 0.1) is 0 Å². The number of alkyl halides is 3. The van der Waals surface area contributed by atoms with E-state index in [-0.39, 0.29) is 25.1 Å². The van der Waals surface area contributed by atoms with Gasteiger partial charge in [-0.3, -0.25) is 9.59 Å². The predicted octanol–water partition coefficient (Wildman–Crippen LogP) is 3.75. The number of ketones is 1. The number of hydrogen-bond acceptors (Lipinski definition) is 3. The number of aromatic nitrogens is 1. The quantitative estimate of drug-likeness (QED) is 0.505. The standard InChI is InChI=1S/C22H19F3N2O3/c23-22(24,25)14-5-3-4-13(10-14)15-8-9-27(12-19(15)28)21(30)20(29)17-11-26-18-7-2-1-6-16(17)18/h1-7,10-11,15,19,26,28H,8-9,12H2. The van der Waals surface area contributed by atoms with Gasteiger partial charge in [-0.05, 0) is 24.1 Å². The third-order valence-corrected chi connectivity index (χ3v) is 5.54. The summed E-state index contributed by atoms with van der Waals surface area (Å²) in [6.07, 6.45) is -3.79. The third kappa shape index (κ3) is 3.70. The van der Waals surface area contributed by atoms with Crippen molar-refractivity contribution in [3.05, 3.63) is 71.4 Å². The Labute approximate surface area is 170 Å². The van der Waals surface area contributed by atoms with Crippen LogP contribution in [-0.4, -0.2) is 45.9 Å². The fraction of sp³-hybridized carbons (Fsp3) is 0.273. The van der Waals surface area contributed by atoms with Gasteiger partial charge in [0.2, 0.25) is 0 Å². The maximum absolute atomic E-state index is 13.0. The summed E-state index contributed by atoms with van der Waals surface area (Å²) >= 11 is 0.